The number of amides is 1. The topological polar surface area (TPSA) is 64.3 Å². The molecule has 21 heavy (non-hydrogen) atoms. The number of halogens is 1. The first-order valence-electron chi connectivity index (χ1n) is 6.50. The van der Waals surface area contributed by atoms with Crippen molar-refractivity contribution in [2.75, 3.05) is 17.7 Å². The van der Waals surface area contributed by atoms with Crippen LogP contribution >= 0.6 is 11.6 Å². The molecular weight excluding hydrogens is 288 g/mol. The van der Waals surface area contributed by atoms with Crippen molar-refractivity contribution >= 4 is 28.9 Å². The van der Waals surface area contributed by atoms with Crippen LogP contribution in [0.5, 0.6) is 5.75 Å². The molecule has 0 aliphatic carbocycles. The van der Waals surface area contributed by atoms with Crippen molar-refractivity contribution in [2.45, 2.75) is 13.8 Å². The summed E-state index contributed by atoms with van der Waals surface area (Å²) in [6.07, 6.45) is 0. The van der Waals surface area contributed by atoms with Crippen LogP contribution in [0.2, 0.25) is 5.02 Å². The minimum Gasteiger partial charge on any atom is -0.482 e. The van der Waals surface area contributed by atoms with E-state index < -0.39 is 0 Å². The summed E-state index contributed by atoms with van der Waals surface area (Å²) in [5.74, 6) is 0.201. The van der Waals surface area contributed by atoms with Crippen molar-refractivity contribution in [1.82, 2.24) is 0 Å². The predicted molar refractivity (Wildman–Crippen MR) is 85.9 cm³/mol. The van der Waals surface area contributed by atoms with Crippen molar-refractivity contribution in [3.8, 4) is 5.75 Å². The molecule has 0 radical (unpaired) electrons. The number of anilines is 2. The largest absolute Gasteiger partial charge is 0.482 e. The summed E-state index contributed by atoms with van der Waals surface area (Å²) >= 11 is 6.01. The van der Waals surface area contributed by atoms with Crippen molar-refractivity contribution in [3.05, 3.63) is 52.5 Å². The van der Waals surface area contributed by atoms with E-state index in [0.717, 1.165) is 11.1 Å². The molecule has 2 aromatic rings. The Balaban J connectivity index is 1.97. The second-order valence-electron chi connectivity index (χ2n) is 4.86. The van der Waals surface area contributed by atoms with Gasteiger partial charge < -0.3 is 15.8 Å². The lowest BCUT2D eigenvalue weighted by Crippen LogP contribution is -2.21. The van der Waals surface area contributed by atoms with Gasteiger partial charge in [0.25, 0.3) is 5.91 Å². The van der Waals surface area contributed by atoms with Gasteiger partial charge in [0.2, 0.25) is 0 Å². The van der Waals surface area contributed by atoms with Crippen LogP contribution < -0.4 is 15.8 Å². The molecule has 0 spiro atoms. The molecule has 5 heteroatoms. The molecule has 2 rings (SSSR count). The van der Waals surface area contributed by atoms with Crippen molar-refractivity contribution in [1.29, 1.82) is 0 Å². The summed E-state index contributed by atoms with van der Waals surface area (Å²) < 4.78 is 5.43. The Morgan fingerprint density at radius 2 is 1.86 bits per heavy atom. The van der Waals surface area contributed by atoms with Gasteiger partial charge in [0, 0.05) is 0 Å². The number of rotatable bonds is 4. The number of nitrogens with two attached hydrogens (primary N) is 1. The van der Waals surface area contributed by atoms with E-state index in [-0.39, 0.29) is 12.5 Å². The molecule has 0 unspecified atom stereocenters. The van der Waals surface area contributed by atoms with Crippen LogP contribution in [0.1, 0.15) is 11.1 Å². The first-order valence-corrected chi connectivity index (χ1v) is 6.88. The standard InChI is InChI=1S/C16H17ClN2O2/c1-10-4-6-14(13(18)7-10)19-16(20)9-21-15-8-11(2)3-5-12(15)17/h3-8H,9,18H2,1-2H3,(H,19,20). The van der Waals surface area contributed by atoms with Gasteiger partial charge in [-0.1, -0.05) is 23.7 Å². The second kappa shape index (κ2) is 6.50. The predicted octanol–water partition coefficient (Wildman–Crippen LogP) is 3.56. The maximum Gasteiger partial charge on any atom is 0.262 e. The maximum absolute atomic E-state index is 11.9. The van der Waals surface area contributed by atoms with Gasteiger partial charge >= 0.3 is 0 Å². The lowest BCUT2D eigenvalue weighted by Gasteiger charge is -2.11. The Labute approximate surface area is 128 Å². The highest BCUT2D eigenvalue weighted by atomic mass is 35.5. The van der Waals surface area contributed by atoms with Crippen molar-refractivity contribution < 1.29 is 9.53 Å². The van der Waals surface area contributed by atoms with E-state index in [1.54, 1.807) is 24.3 Å². The smallest absolute Gasteiger partial charge is 0.262 e. The molecule has 0 fully saturated rings. The van der Waals surface area contributed by atoms with Gasteiger partial charge in [0.1, 0.15) is 5.75 Å². The highest BCUT2D eigenvalue weighted by Crippen LogP contribution is 2.25. The summed E-state index contributed by atoms with van der Waals surface area (Å²) in [7, 11) is 0. The van der Waals surface area contributed by atoms with Crippen LogP contribution in [-0.4, -0.2) is 12.5 Å². The minimum atomic E-state index is -0.289. The lowest BCUT2D eigenvalue weighted by molar-refractivity contribution is -0.118. The van der Waals surface area contributed by atoms with E-state index >= 15 is 0 Å². The Hall–Kier alpha value is -2.20. The average Bonchev–Trinajstić information content (AvgIpc) is 2.43. The molecule has 0 bridgehead atoms. The van der Waals surface area contributed by atoms with Gasteiger partial charge in [-0.2, -0.15) is 0 Å². The zero-order valence-electron chi connectivity index (χ0n) is 11.9. The number of ether oxygens (including phenoxy) is 1. The fourth-order valence-corrected chi connectivity index (χ4v) is 2.02. The molecular formula is C16H17ClN2O2. The number of hydrogen-bond acceptors (Lipinski definition) is 3. The van der Waals surface area contributed by atoms with Gasteiger partial charge in [-0.05, 0) is 49.2 Å². The molecule has 3 N–H and O–H groups in total. The van der Waals surface area contributed by atoms with E-state index in [4.69, 9.17) is 22.1 Å². The normalized spacial score (nSPS) is 10.2. The molecule has 4 nitrogen and oxygen atoms in total. The van der Waals surface area contributed by atoms with Crippen LogP contribution in [0.15, 0.2) is 36.4 Å². The van der Waals surface area contributed by atoms with Crippen LogP contribution in [-0.2, 0) is 4.79 Å². The van der Waals surface area contributed by atoms with Gasteiger partial charge in [-0.15, -0.1) is 0 Å². The van der Waals surface area contributed by atoms with E-state index in [1.807, 2.05) is 26.0 Å². The fourth-order valence-electron chi connectivity index (χ4n) is 1.85. The van der Waals surface area contributed by atoms with E-state index in [0.29, 0.717) is 22.1 Å². The van der Waals surface area contributed by atoms with E-state index in [2.05, 4.69) is 5.32 Å². The third kappa shape index (κ3) is 4.13. The van der Waals surface area contributed by atoms with Crippen molar-refractivity contribution in [3.63, 3.8) is 0 Å². The number of hydrogen-bond donors (Lipinski definition) is 2. The number of nitrogens with one attached hydrogen (secondary N) is 1. The molecule has 110 valence electrons. The zero-order chi connectivity index (χ0) is 15.4. The number of carbonyl (C=O) groups excluding carboxylic acids is 1. The van der Waals surface area contributed by atoms with Gasteiger partial charge in [-0.25, -0.2) is 0 Å². The summed E-state index contributed by atoms with van der Waals surface area (Å²) in [5, 5.41) is 3.18. The molecule has 0 saturated carbocycles. The SMILES string of the molecule is Cc1ccc(NC(=O)COc2cc(C)ccc2Cl)c(N)c1. The fraction of sp³-hybridized carbons (Fsp3) is 0.188. The molecule has 1 amide bonds. The first-order chi connectivity index (χ1) is 9.95. The monoisotopic (exact) mass is 304 g/mol. The number of nitrogen functional groups attached to an aromatic ring is 1. The highest BCUT2D eigenvalue weighted by molar-refractivity contribution is 6.32. The summed E-state index contributed by atoms with van der Waals surface area (Å²) in [6, 6.07) is 10.8. The summed E-state index contributed by atoms with van der Waals surface area (Å²) in [6.45, 7) is 3.73. The molecule has 2 aromatic carbocycles. The molecule has 0 aliphatic heterocycles. The number of carbonyl (C=O) groups is 1. The Kier molecular flexibility index (Phi) is 4.70. The van der Waals surface area contributed by atoms with Crippen LogP contribution in [0, 0.1) is 13.8 Å². The zero-order valence-corrected chi connectivity index (χ0v) is 12.7. The Bertz CT molecular complexity index is 671. The lowest BCUT2D eigenvalue weighted by atomic mass is 10.2. The molecule has 0 heterocycles. The average molecular weight is 305 g/mol. The third-order valence-corrected chi connectivity index (χ3v) is 3.24. The van der Waals surface area contributed by atoms with Crippen LogP contribution in [0.4, 0.5) is 11.4 Å². The quantitative estimate of drug-likeness (QED) is 0.849. The second-order valence-corrected chi connectivity index (χ2v) is 5.27. The van der Waals surface area contributed by atoms with Crippen molar-refractivity contribution in [2.24, 2.45) is 0 Å². The van der Waals surface area contributed by atoms with Crippen LogP contribution in [0.25, 0.3) is 0 Å². The Morgan fingerprint density at radius 3 is 2.57 bits per heavy atom. The number of benzene rings is 2. The van der Waals surface area contributed by atoms with Gasteiger partial charge in [-0.3, -0.25) is 4.79 Å². The Morgan fingerprint density at radius 1 is 1.19 bits per heavy atom. The first kappa shape index (κ1) is 15.2. The van der Waals surface area contributed by atoms with Gasteiger partial charge in [0.05, 0.1) is 16.4 Å². The highest BCUT2D eigenvalue weighted by Gasteiger charge is 2.08. The van der Waals surface area contributed by atoms with Gasteiger partial charge in [0.15, 0.2) is 6.61 Å². The molecule has 0 aromatic heterocycles. The molecule has 0 aliphatic rings. The summed E-state index contributed by atoms with van der Waals surface area (Å²) in [5.41, 5.74) is 8.99. The molecule has 0 atom stereocenters. The number of aryl methyl sites for hydroxylation is 2. The van der Waals surface area contributed by atoms with Crippen LogP contribution in [0.3, 0.4) is 0 Å². The minimum absolute atomic E-state index is 0.128. The summed E-state index contributed by atoms with van der Waals surface area (Å²) in [4.78, 5) is 11.9. The third-order valence-electron chi connectivity index (χ3n) is 2.93. The van der Waals surface area contributed by atoms with E-state index in [1.165, 1.54) is 0 Å². The molecule has 0 saturated heterocycles. The van der Waals surface area contributed by atoms with E-state index in [9.17, 15) is 4.79 Å². The maximum atomic E-state index is 11.9.